The van der Waals surface area contributed by atoms with Gasteiger partial charge in [-0.2, -0.15) is 13.2 Å². The number of Topliss-reactive ketones (excluding diaryl/α,β-unsaturated/α-hetero) is 1. The van der Waals surface area contributed by atoms with E-state index in [4.69, 9.17) is 5.73 Å². The lowest BCUT2D eigenvalue weighted by molar-refractivity contribution is -0.137. The van der Waals surface area contributed by atoms with Crippen molar-refractivity contribution in [2.75, 3.05) is 6.61 Å². The second-order valence-corrected chi connectivity index (χ2v) is 4.78. The van der Waals surface area contributed by atoms with Crippen molar-refractivity contribution in [1.29, 1.82) is 0 Å². The number of carbonyl (C=O) groups excluding carboxylic acids is 2. The molecule has 1 atom stereocenters. The highest BCUT2D eigenvalue weighted by Gasteiger charge is 2.30. The summed E-state index contributed by atoms with van der Waals surface area (Å²) in [6, 6.07) is 4.31. The normalized spacial score (nSPS) is 12.8. The number of halogens is 3. The molecule has 4 nitrogen and oxygen atoms in total. The highest BCUT2D eigenvalue weighted by atomic mass is 19.4. The van der Waals surface area contributed by atoms with Crippen LogP contribution in [0.4, 0.5) is 18.0 Å². The summed E-state index contributed by atoms with van der Waals surface area (Å²) in [5, 5.41) is 0. The molecule has 0 fully saturated rings. The molecule has 1 aromatic carbocycles. The van der Waals surface area contributed by atoms with E-state index in [9.17, 15) is 22.8 Å². The molecule has 7 heteroatoms. The molecule has 116 valence electrons. The lowest BCUT2D eigenvalue weighted by Crippen LogP contribution is -2.18. The molecule has 0 saturated heterocycles. The molecule has 0 aliphatic rings. The van der Waals surface area contributed by atoms with E-state index in [0.717, 1.165) is 12.1 Å². The smallest absolute Gasteiger partial charge is 0.416 e. The van der Waals surface area contributed by atoms with Gasteiger partial charge in [0.05, 0.1) is 12.2 Å². The Morgan fingerprint density at radius 1 is 1.33 bits per heavy atom. The van der Waals surface area contributed by atoms with Crippen molar-refractivity contribution in [2.24, 2.45) is 11.7 Å². The second kappa shape index (κ2) is 7.10. The number of primary amides is 1. The van der Waals surface area contributed by atoms with E-state index in [2.05, 4.69) is 4.74 Å². The maximum atomic E-state index is 12.5. The topological polar surface area (TPSA) is 69.4 Å². The summed E-state index contributed by atoms with van der Waals surface area (Å²) in [5.74, 6) is -0.487. The van der Waals surface area contributed by atoms with Crippen molar-refractivity contribution >= 4 is 11.9 Å². The van der Waals surface area contributed by atoms with E-state index in [-0.39, 0.29) is 30.3 Å². The van der Waals surface area contributed by atoms with E-state index in [1.807, 2.05) is 0 Å². The summed E-state index contributed by atoms with van der Waals surface area (Å²) < 4.78 is 42.2. The van der Waals surface area contributed by atoms with Crippen LogP contribution >= 0.6 is 0 Å². The van der Waals surface area contributed by atoms with Gasteiger partial charge in [0, 0.05) is 12.0 Å². The lowest BCUT2D eigenvalue weighted by atomic mass is 9.99. The highest BCUT2D eigenvalue weighted by molar-refractivity contribution is 5.96. The van der Waals surface area contributed by atoms with E-state index in [0.29, 0.717) is 6.42 Å². The molecule has 1 unspecified atom stereocenters. The van der Waals surface area contributed by atoms with Gasteiger partial charge in [0.15, 0.2) is 5.78 Å². The molecular formula is C14H16F3NO3. The third-order valence-corrected chi connectivity index (χ3v) is 2.89. The fourth-order valence-corrected chi connectivity index (χ4v) is 1.70. The Morgan fingerprint density at radius 3 is 2.57 bits per heavy atom. The fraction of sp³-hybridized carbons (Fsp3) is 0.429. The van der Waals surface area contributed by atoms with Gasteiger partial charge in [-0.25, -0.2) is 4.79 Å². The molecule has 0 spiro atoms. The molecule has 1 rings (SSSR count). The standard InChI is InChI=1S/C14H16F3NO3/c1-9(8-21-13(18)20)5-6-12(19)10-3-2-4-11(7-10)14(15,16)17/h2-4,7,9H,5-6,8H2,1H3,(H2,18,20). The van der Waals surface area contributed by atoms with Crippen molar-refractivity contribution in [3.05, 3.63) is 35.4 Å². The van der Waals surface area contributed by atoms with Gasteiger partial charge in [0.25, 0.3) is 0 Å². The summed E-state index contributed by atoms with van der Waals surface area (Å²) in [7, 11) is 0. The molecular weight excluding hydrogens is 287 g/mol. The molecule has 0 saturated carbocycles. The summed E-state index contributed by atoms with van der Waals surface area (Å²) in [6.45, 7) is 1.83. The quantitative estimate of drug-likeness (QED) is 0.819. The van der Waals surface area contributed by atoms with Gasteiger partial charge >= 0.3 is 12.3 Å². The van der Waals surface area contributed by atoms with Crippen LogP contribution in [-0.4, -0.2) is 18.5 Å². The Balaban J connectivity index is 2.58. The first kappa shape index (κ1) is 17.0. The molecule has 0 radical (unpaired) electrons. The SMILES string of the molecule is CC(CCC(=O)c1cccc(C(F)(F)F)c1)COC(N)=O. The van der Waals surface area contributed by atoms with Crippen LogP contribution in [0.25, 0.3) is 0 Å². The molecule has 0 bridgehead atoms. The zero-order valence-electron chi connectivity index (χ0n) is 11.4. The predicted molar refractivity (Wildman–Crippen MR) is 69.7 cm³/mol. The number of nitrogens with two attached hydrogens (primary N) is 1. The number of benzene rings is 1. The number of carbonyl (C=O) groups is 2. The van der Waals surface area contributed by atoms with Crippen LogP contribution < -0.4 is 5.73 Å². The number of hydrogen-bond donors (Lipinski definition) is 1. The Labute approximate surface area is 120 Å². The highest BCUT2D eigenvalue weighted by Crippen LogP contribution is 2.29. The molecule has 21 heavy (non-hydrogen) atoms. The van der Waals surface area contributed by atoms with Crippen LogP contribution in [0.15, 0.2) is 24.3 Å². The first-order valence-corrected chi connectivity index (χ1v) is 6.33. The van der Waals surface area contributed by atoms with Gasteiger partial charge < -0.3 is 10.5 Å². The molecule has 1 amide bonds. The number of rotatable bonds is 6. The van der Waals surface area contributed by atoms with Crippen LogP contribution in [0.5, 0.6) is 0 Å². The monoisotopic (exact) mass is 303 g/mol. The van der Waals surface area contributed by atoms with Crippen LogP contribution in [0, 0.1) is 5.92 Å². The number of hydrogen-bond acceptors (Lipinski definition) is 3. The Hall–Kier alpha value is -2.05. The average Bonchev–Trinajstić information content (AvgIpc) is 2.41. The Bertz CT molecular complexity index is 514. The number of ether oxygens (including phenoxy) is 1. The van der Waals surface area contributed by atoms with Gasteiger partial charge in [-0.05, 0) is 24.5 Å². The average molecular weight is 303 g/mol. The summed E-state index contributed by atoms with van der Waals surface area (Å²) in [6.07, 6.45) is -4.91. The first-order valence-electron chi connectivity index (χ1n) is 6.33. The summed E-state index contributed by atoms with van der Waals surface area (Å²) >= 11 is 0. The van der Waals surface area contributed by atoms with Crippen LogP contribution in [-0.2, 0) is 10.9 Å². The van der Waals surface area contributed by atoms with Gasteiger partial charge in [-0.3, -0.25) is 4.79 Å². The molecule has 0 heterocycles. The third-order valence-electron chi connectivity index (χ3n) is 2.89. The van der Waals surface area contributed by atoms with Crippen LogP contribution in [0.2, 0.25) is 0 Å². The largest absolute Gasteiger partial charge is 0.449 e. The van der Waals surface area contributed by atoms with Gasteiger partial charge in [-0.15, -0.1) is 0 Å². The van der Waals surface area contributed by atoms with E-state index in [1.54, 1.807) is 6.92 Å². The van der Waals surface area contributed by atoms with Crippen molar-refractivity contribution in [1.82, 2.24) is 0 Å². The number of amides is 1. The lowest BCUT2D eigenvalue weighted by Gasteiger charge is -2.11. The third kappa shape index (κ3) is 5.85. The zero-order valence-corrected chi connectivity index (χ0v) is 11.4. The van der Waals surface area contributed by atoms with Crippen molar-refractivity contribution in [3.8, 4) is 0 Å². The van der Waals surface area contributed by atoms with E-state index in [1.165, 1.54) is 12.1 Å². The molecule has 0 aliphatic carbocycles. The molecule has 2 N–H and O–H groups in total. The van der Waals surface area contributed by atoms with Crippen molar-refractivity contribution < 1.29 is 27.5 Å². The predicted octanol–water partition coefficient (Wildman–Crippen LogP) is 3.40. The maximum Gasteiger partial charge on any atom is 0.416 e. The molecule has 0 aliphatic heterocycles. The first-order chi connectivity index (χ1) is 9.70. The summed E-state index contributed by atoms with van der Waals surface area (Å²) in [4.78, 5) is 22.3. The zero-order chi connectivity index (χ0) is 16.0. The van der Waals surface area contributed by atoms with E-state index >= 15 is 0 Å². The summed E-state index contributed by atoms with van der Waals surface area (Å²) in [5.41, 5.74) is 3.98. The minimum atomic E-state index is -4.47. The van der Waals surface area contributed by atoms with Gasteiger partial charge in [-0.1, -0.05) is 19.1 Å². The Morgan fingerprint density at radius 2 is 2.00 bits per heavy atom. The minimum Gasteiger partial charge on any atom is -0.449 e. The van der Waals surface area contributed by atoms with Crippen LogP contribution in [0.3, 0.4) is 0 Å². The minimum absolute atomic E-state index is 0.0212. The van der Waals surface area contributed by atoms with Crippen LogP contribution in [0.1, 0.15) is 35.7 Å². The molecule has 1 aromatic rings. The van der Waals surface area contributed by atoms with Gasteiger partial charge in [0.1, 0.15) is 0 Å². The number of ketones is 1. The van der Waals surface area contributed by atoms with Crippen molar-refractivity contribution in [2.45, 2.75) is 25.9 Å². The second-order valence-electron chi connectivity index (χ2n) is 4.78. The van der Waals surface area contributed by atoms with Crippen molar-refractivity contribution in [3.63, 3.8) is 0 Å². The maximum absolute atomic E-state index is 12.5. The fourth-order valence-electron chi connectivity index (χ4n) is 1.70. The van der Waals surface area contributed by atoms with Gasteiger partial charge in [0.2, 0.25) is 0 Å². The number of alkyl halides is 3. The Kier molecular flexibility index (Phi) is 5.75. The van der Waals surface area contributed by atoms with E-state index < -0.39 is 17.8 Å². The molecule has 0 aromatic heterocycles.